The van der Waals surface area contributed by atoms with Gasteiger partial charge in [0, 0.05) is 23.9 Å². The fourth-order valence-electron chi connectivity index (χ4n) is 2.87. The molecule has 0 aliphatic heterocycles. The summed E-state index contributed by atoms with van der Waals surface area (Å²) in [6.45, 7) is 0. The number of hydrogen-bond donors (Lipinski definition) is 1. The largest absolute Gasteiger partial charge is 0.573 e. The van der Waals surface area contributed by atoms with Gasteiger partial charge in [0.2, 0.25) is 10.7 Å². The Hall–Kier alpha value is -3.59. The number of rotatable bonds is 4. The van der Waals surface area contributed by atoms with Crippen LogP contribution < -0.4 is 10.2 Å². The van der Waals surface area contributed by atoms with E-state index in [0.717, 1.165) is 6.07 Å². The number of alkyl halides is 3. The Kier molecular flexibility index (Phi) is 5.04. The van der Waals surface area contributed by atoms with Gasteiger partial charge in [-0.25, -0.2) is 9.67 Å². The maximum Gasteiger partial charge on any atom is 0.573 e. The van der Waals surface area contributed by atoms with Gasteiger partial charge in [-0.15, -0.1) is 13.2 Å². The number of hydrogen-bond acceptors (Lipinski definition) is 4. The van der Waals surface area contributed by atoms with E-state index >= 15 is 0 Å². The molecule has 0 unspecified atom stereocenters. The second kappa shape index (κ2) is 7.68. The number of halogens is 4. The number of imidazole rings is 1. The summed E-state index contributed by atoms with van der Waals surface area (Å²) in [5.74, 6) is -0.406. The van der Waals surface area contributed by atoms with Gasteiger partial charge in [-0.3, -0.25) is 4.79 Å². The lowest BCUT2D eigenvalue weighted by Crippen LogP contribution is -2.17. The van der Waals surface area contributed by atoms with E-state index < -0.39 is 17.5 Å². The Morgan fingerprint density at radius 2 is 1.77 bits per heavy atom. The summed E-state index contributed by atoms with van der Waals surface area (Å²) in [7, 11) is 0. The van der Waals surface area contributed by atoms with E-state index in [-0.39, 0.29) is 16.7 Å². The number of nitrogens with zero attached hydrogens (tertiary/aromatic N) is 3. The van der Waals surface area contributed by atoms with Crippen molar-refractivity contribution in [2.45, 2.75) is 6.36 Å². The van der Waals surface area contributed by atoms with Crippen LogP contribution in [-0.2, 0) is 0 Å². The number of nitrogens with one attached hydrogen (secondary N) is 1. The molecule has 0 fully saturated rings. The normalized spacial score (nSPS) is 11.5. The van der Waals surface area contributed by atoms with Gasteiger partial charge in [-0.2, -0.15) is 5.10 Å². The van der Waals surface area contributed by atoms with Gasteiger partial charge < -0.3 is 9.72 Å². The molecule has 0 bridgehead atoms. The first-order chi connectivity index (χ1) is 14.3. The minimum Gasteiger partial charge on any atom is -0.406 e. The summed E-state index contributed by atoms with van der Waals surface area (Å²) in [6.07, 6.45) is -3.48. The van der Waals surface area contributed by atoms with Crippen molar-refractivity contribution in [1.82, 2.24) is 19.7 Å². The first kappa shape index (κ1) is 19.7. The van der Waals surface area contributed by atoms with Gasteiger partial charge in [0.05, 0.1) is 17.1 Å². The van der Waals surface area contributed by atoms with Crippen LogP contribution in [-0.4, -0.2) is 26.1 Å². The van der Waals surface area contributed by atoms with Crippen LogP contribution in [0, 0.1) is 0 Å². The fourth-order valence-corrected chi connectivity index (χ4v) is 3.05. The fraction of sp³-hybridized carbons (Fsp3) is 0.0500. The molecule has 0 spiro atoms. The van der Waals surface area contributed by atoms with E-state index in [9.17, 15) is 18.0 Å². The van der Waals surface area contributed by atoms with E-state index in [0.29, 0.717) is 17.0 Å². The highest BCUT2D eigenvalue weighted by atomic mass is 35.5. The van der Waals surface area contributed by atoms with Gasteiger partial charge in [-0.05, 0) is 23.7 Å². The molecule has 1 N–H and O–H groups in total. The molecule has 0 radical (unpaired) electrons. The predicted octanol–water partition coefficient (Wildman–Crippen LogP) is 4.84. The molecule has 4 rings (SSSR count). The van der Waals surface area contributed by atoms with Crippen LogP contribution in [0.15, 0.2) is 71.7 Å². The molecule has 0 aliphatic carbocycles. The number of H-pyrrole nitrogens is 1. The van der Waals surface area contributed by atoms with Crippen molar-refractivity contribution >= 4 is 11.6 Å². The number of benzene rings is 2. The summed E-state index contributed by atoms with van der Waals surface area (Å²) in [6, 6.07) is 15.6. The number of ether oxygens (including phenoxy) is 1. The van der Waals surface area contributed by atoms with Crippen LogP contribution in [0.4, 0.5) is 13.2 Å². The summed E-state index contributed by atoms with van der Waals surface area (Å²) < 4.78 is 42.8. The molecule has 4 aromatic rings. The van der Waals surface area contributed by atoms with Crippen molar-refractivity contribution in [1.29, 1.82) is 0 Å². The van der Waals surface area contributed by atoms with E-state index in [1.807, 2.05) is 18.2 Å². The molecule has 152 valence electrons. The summed E-state index contributed by atoms with van der Waals surface area (Å²) in [4.78, 5) is 19.6. The first-order valence-corrected chi connectivity index (χ1v) is 8.95. The summed E-state index contributed by atoms with van der Waals surface area (Å²) in [5.41, 5.74) is 1.31. The molecule has 0 saturated heterocycles. The Bertz CT molecular complexity index is 1250. The third-order valence-electron chi connectivity index (χ3n) is 4.08. The van der Waals surface area contributed by atoms with E-state index in [1.165, 1.54) is 35.1 Å². The number of aromatic amines is 1. The quantitative estimate of drug-likeness (QED) is 0.500. The lowest BCUT2D eigenvalue weighted by molar-refractivity contribution is -0.274. The third-order valence-corrected chi connectivity index (χ3v) is 4.26. The average Bonchev–Trinajstić information content (AvgIpc) is 3.09. The van der Waals surface area contributed by atoms with Crippen LogP contribution in [0.2, 0.25) is 5.28 Å². The molecule has 0 saturated carbocycles. The van der Waals surface area contributed by atoms with Gasteiger partial charge in [0.25, 0.3) is 0 Å². The van der Waals surface area contributed by atoms with Crippen molar-refractivity contribution in [2.75, 3.05) is 0 Å². The molecular formula is C20H12ClF3N4O2. The van der Waals surface area contributed by atoms with Crippen LogP contribution in [0.25, 0.3) is 28.3 Å². The van der Waals surface area contributed by atoms with Crippen molar-refractivity contribution < 1.29 is 17.9 Å². The van der Waals surface area contributed by atoms with Crippen LogP contribution in [0.1, 0.15) is 0 Å². The van der Waals surface area contributed by atoms with Gasteiger partial charge >= 0.3 is 6.36 Å². The Balaban J connectivity index is 1.80. The summed E-state index contributed by atoms with van der Waals surface area (Å²) in [5, 5.41) is 4.36. The highest BCUT2D eigenvalue weighted by Gasteiger charge is 2.31. The van der Waals surface area contributed by atoms with Gasteiger partial charge in [0.1, 0.15) is 5.75 Å². The molecule has 2 aromatic carbocycles. The monoisotopic (exact) mass is 432 g/mol. The predicted molar refractivity (Wildman–Crippen MR) is 105 cm³/mol. The second-order valence-corrected chi connectivity index (χ2v) is 6.49. The lowest BCUT2D eigenvalue weighted by atomic mass is 10.1. The van der Waals surface area contributed by atoms with Crippen molar-refractivity contribution in [3.8, 4) is 34.1 Å². The zero-order valence-electron chi connectivity index (χ0n) is 15.0. The van der Waals surface area contributed by atoms with Crippen LogP contribution in [0.5, 0.6) is 5.75 Å². The molecule has 2 aromatic heterocycles. The molecule has 0 amide bonds. The molecule has 0 aliphatic rings. The molecule has 0 atom stereocenters. The number of aromatic nitrogens is 4. The summed E-state index contributed by atoms with van der Waals surface area (Å²) >= 11 is 6.03. The minimum atomic E-state index is -4.82. The van der Waals surface area contributed by atoms with E-state index in [4.69, 9.17) is 11.6 Å². The molecule has 6 nitrogen and oxygen atoms in total. The smallest absolute Gasteiger partial charge is 0.406 e. The first-order valence-electron chi connectivity index (χ1n) is 8.57. The van der Waals surface area contributed by atoms with Gasteiger partial charge in [0.15, 0.2) is 5.69 Å². The maximum atomic E-state index is 12.5. The average molecular weight is 433 g/mol. The Morgan fingerprint density at radius 1 is 1.00 bits per heavy atom. The highest BCUT2D eigenvalue weighted by molar-refractivity contribution is 6.28. The van der Waals surface area contributed by atoms with Gasteiger partial charge in [-0.1, -0.05) is 36.4 Å². The zero-order valence-corrected chi connectivity index (χ0v) is 15.8. The SMILES string of the molecule is O=c1ccn(-c2cccc(OC(F)(F)F)c2)nc1-c1[nH]c(Cl)nc1-c1ccccc1. The maximum absolute atomic E-state index is 12.5. The molecule has 2 heterocycles. The van der Waals surface area contributed by atoms with Crippen LogP contribution in [0.3, 0.4) is 0 Å². The van der Waals surface area contributed by atoms with Crippen molar-refractivity contribution in [2.24, 2.45) is 0 Å². The third kappa shape index (κ3) is 4.20. The second-order valence-electron chi connectivity index (χ2n) is 6.14. The highest BCUT2D eigenvalue weighted by Crippen LogP contribution is 2.29. The van der Waals surface area contributed by atoms with Crippen LogP contribution >= 0.6 is 11.6 Å². The zero-order chi connectivity index (χ0) is 21.3. The van der Waals surface area contributed by atoms with Crippen molar-refractivity contribution in [3.05, 3.63) is 82.4 Å². The Labute approximate surface area is 172 Å². The van der Waals surface area contributed by atoms with E-state index in [2.05, 4.69) is 19.8 Å². The van der Waals surface area contributed by atoms with Crippen molar-refractivity contribution in [3.63, 3.8) is 0 Å². The van der Waals surface area contributed by atoms with E-state index in [1.54, 1.807) is 12.1 Å². The molecule has 30 heavy (non-hydrogen) atoms. The molecule has 10 heteroatoms. The standard InChI is InChI=1S/C20H12ClF3N4O2/c21-19-25-16(12-5-2-1-3-6-12)18(26-19)17-15(29)9-10-28(27-17)13-7-4-8-14(11-13)30-20(22,23)24/h1-11H,(H,25,26). The Morgan fingerprint density at radius 3 is 2.50 bits per heavy atom. The lowest BCUT2D eigenvalue weighted by Gasteiger charge is -2.11. The topological polar surface area (TPSA) is 72.8 Å². The minimum absolute atomic E-state index is 0.0119. The molecular weight excluding hydrogens is 421 g/mol.